The van der Waals surface area contributed by atoms with Crippen LogP contribution in [0.1, 0.15) is 24.6 Å². The van der Waals surface area contributed by atoms with Crippen molar-refractivity contribution < 1.29 is 14.4 Å². The largest absolute Gasteiger partial charge is 0.391 e. The molecule has 0 bridgehead atoms. The van der Waals surface area contributed by atoms with Gasteiger partial charge in [-0.15, -0.1) is 5.48 Å². The second-order valence-electron chi connectivity index (χ2n) is 6.48. The van der Waals surface area contributed by atoms with Gasteiger partial charge in [0.1, 0.15) is 5.82 Å². The second-order valence-corrected chi connectivity index (χ2v) is 6.48. The zero-order valence-electron chi connectivity index (χ0n) is 15.4. The average Bonchev–Trinajstić information content (AvgIpc) is 3.23. The molecule has 0 aliphatic carbocycles. The molecule has 4 heterocycles. The highest BCUT2D eigenvalue weighted by Crippen LogP contribution is 2.20. The fraction of sp³-hybridized carbons (Fsp3) is 0.368. The van der Waals surface area contributed by atoms with Crippen molar-refractivity contribution in [3.05, 3.63) is 48.4 Å². The number of nitrogens with one attached hydrogen (secondary N) is 2. The van der Waals surface area contributed by atoms with Crippen molar-refractivity contribution in [3.63, 3.8) is 0 Å². The van der Waals surface area contributed by atoms with Gasteiger partial charge in [0.15, 0.2) is 6.17 Å². The molecule has 2 aliphatic rings. The van der Waals surface area contributed by atoms with Gasteiger partial charge in [0.05, 0.1) is 25.1 Å². The number of hydrogen-bond acceptors (Lipinski definition) is 8. The number of aromatic nitrogens is 2. The summed E-state index contributed by atoms with van der Waals surface area (Å²) in [6.45, 7) is 3.08. The molecule has 9 nitrogen and oxygen atoms in total. The molecule has 1 amide bonds. The molecule has 0 radical (unpaired) electrons. The number of ether oxygens (including phenoxy) is 1. The molecule has 2 N–H and O–H groups in total. The summed E-state index contributed by atoms with van der Waals surface area (Å²) in [4.78, 5) is 32.6. The number of anilines is 2. The molecule has 1 atom stereocenters. The Labute approximate surface area is 162 Å². The predicted octanol–water partition coefficient (Wildman–Crippen LogP) is 1.66. The second kappa shape index (κ2) is 8.77. The topological polar surface area (TPSA) is 101 Å². The van der Waals surface area contributed by atoms with E-state index < -0.39 is 0 Å². The van der Waals surface area contributed by atoms with Crippen molar-refractivity contribution in [1.82, 2.24) is 15.4 Å². The molecular weight excluding hydrogens is 360 g/mol. The van der Waals surface area contributed by atoms with Crippen LogP contribution in [0.2, 0.25) is 0 Å². The Bertz CT molecular complexity index is 821. The summed E-state index contributed by atoms with van der Waals surface area (Å²) in [6.07, 6.45) is 5.51. The van der Waals surface area contributed by atoms with Crippen LogP contribution in [0.5, 0.6) is 0 Å². The molecule has 146 valence electrons. The van der Waals surface area contributed by atoms with Gasteiger partial charge < -0.3 is 19.8 Å². The Morgan fingerprint density at radius 3 is 2.79 bits per heavy atom. The number of aliphatic imine (C=N–C) groups is 1. The average molecular weight is 382 g/mol. The van der Waals surface area contributed by atoms with Crippen molar-refractivity contribution in [2.45, 2.75) is 19.0 Å². The lowest BCUT2D eigenvalue weighted by Gasteiger charge is -2.27. The van der Waals surface area contributed by atoms with E-state index in [0.29, 0.717) is 31.2 Å². The van der Waals surface area contributed by atoms with E-state index in [1.807, 2.05) is 24.3 Å². The summed E-state index contributed by atoms with van der Waals surface area (Å²) in [5, 5.41) is 2.86. The number of nitrogens with zero attached hydrogens (tertiary/aromatic N) is 4. The Morgan fingerprint density at radius 1 is 1.21 bits per heavy atom. The Hall–Kier alpha value is -3.04. The number of carbonyl (C=O) groups is 1. The highest BCUT2D eigenvalue weighted by atomic mass is 16.7. The lowest BCUT2D eigenvalue weighted by atomic mass is 10.2. The summed E-state index contributed by atoms with van der Waals surface area (Å²) in [5.41, 5.74) is 4.48. The molecule has 0 saturated carbocycles. The smallest absolute Gasteiger partial charge is 0.224 e. The lowest BCUT2D eigenvalue weighted by Crippen LogP contribution is -2.36. The van der Waals surface area contributed by atoms with Gasteiger partial charge in [-0.2, -0.15) is 0 Å². The molecule has 1 unspecified atom stereocenters. The van der Waals surface area contributed by atoms with E-state index in [4.69, 9.17) is 9.57 Å². The van der Waals surface area contributed by atoms with E-state index in [1.165, 1.54) is 0 Å². The summed E-state index contributed by atoms with van der Waals surface area (Å²) in [7, 11) is 0. The summed E-state index contributed by atoms with van der Waals surface area (Å²) in [6, 6.07) is 7.51. The fourth-order valence-corrected chi connectivity index (χ4v) is 3.01. The maximum absolute atomic E-state index is 12.2. The van der Waals surface area contributed by atoms with Crippen molar-refractivity contribution in [3.8, 4) is 0 Å². The molecule has 1 fully saturated rings. The number of amides is 1. The number of morpholine rings is 1. The molecule has 1 saturated heterocycles. The highest BCUT2D eigenvalue weighted by molar-refractivity contribution is 5.93. The molecule has 0 aromatic carbocycles. The molecule has 4 rings (SSSR count). The van der Waals surface area contributed by atoms with Gasteiger partial charge in [0.25, 0.3) is 0 Å². The Morgan fingerprint density at radius 2 is 2.04 bits per heavy atom. The summed E-state index contributed by atoms with van der Waals surface area (Å²) < 4.78 is 5.34. The number of pyridine rings is 2. The zero-order chi connectivity index (χ0) is 19.2. The molecular formula is C19H22N6O3. The van der Waals surface area contributed by atoms with Crippen LogP contribution in [0.15, 0.2) is 47.8 Å². The molecule has 28 heavy (non-hydrogen) atoms. The van der Waals surface area contributed by atoms with E-state index in [9.17, 15) is 4.79 Å². The first-order valence-corrected chi connectivity index (χ1v) is 9.25. The van der Waals surface area contributed by atoms with Crippen LogP contribution in [0.3, 0.4) is 0 Å². The SMILES string of the molecule is O=C(CCC1=NC(c2ccncc2)NO1)Nc1ccc(N2CCOCC2)nc1. The first-order chi connectivity index (χ1) is 13.8. The fourth-order valence-electron chi connectivity index (χ4n) is 3.01. The van der Waals surface area contributed by atoms with Crippen LogP contribution in [0, 0.1) is 0 Å². The standard InChI is InChI=1S/C19H22N6O3/c26-17(3-4-18-23-19(24-28-18)14-5-7-20-8-6-14)22-15-1-2-16(21-13-15)25-9-11-27-12-10-25/h1-2,5-8,13,19,24H,3-4,9-12H2,(H,22,26). The van der Waals surface area contributed by atoms with Crippen LogP contribution >= 0.6 is 0 Å². The van der Waals surface area contributed by atoms with Crippen LogP contribution in [0.4, 0.5) is 11.5 Å². The minimum atomic E-state index is -0.266. The minimum Gasteiger partial charge on any atom is -0.391 e. The predicted molar refractivity (Wildman–Crippen MR) is 104 cm³/mol. The third-order valence-electron chi connectivity index (χ3n) is 4.52. The number of carbonyl (C=O) groups excluding carboxylic acids is 1. The maximum atomic E-state index is 12.2. The molecule has 0 spiro atoms. The van der Waals surface area contributed by atoms with E-state index in [0.717, 1.165) is 24.5 Å². The maximum Gasteiger partial charge on any atom is 0.224 e. The minimum absolute atomic E-state index is 0.111. The van der Waals surface area contributed by atoms with Gasteiger partial charge in [0, 0.05) is 38.3 Å². The van der Waals surface area contributed by atoms with Gasteiger partial charge in [0.2, 0.25) is 11.8 Å². The van der Waals surface area contributed by atoms with Crippen LogP contribution in [0.25, 0.3) is 0 Å². The monoisotopic (exact) mass is 382 g/mol. The van der Waals surface area contributed by atoms with E-state index in [1.54, 1.807) is 18.6 Å². The van der Waals surface area contributed by atoms with Gasteiger partial charge in [-0.05, 0) is 29.8 Å². The van der Waals surface area contributed by atoms with Crippen molar-refractivity contribution in [2.75, 3.05) is 36.5 Å². The Kier molecular flexibility index (Phi) is 5.74. The number of rotatable bonds is 6. The number of hydrogen-bond donors (Lipinski definition) is 2. The van der Waals surface area contributed by atoms with Crippen molar-refractivity contribution in [1.29, 1.82) is 0 Å². The van der Waals surface area contributed by atoms with Gasteiger partial charge in [-0.1, -0.05) is 0 Å². The highest BCUT2D eigenvalue weighted by Gasteiger charge is 2.20. The van der Waals surface area contributed by atoms with Gasteiger partial charge >= 0.3 is 0 Å². The normalized spacial score (nSPS) is 19.1. The summed E-state index contributed by atoms with van der Waals surface area (Å²) >= 11 is 0. The van der Waals surface area contributed by atoms with E-state index in [-0.39, 0.29) is 18.5 Å². The van der Waals surface area contributed by atoms with Crippen LogP contribution in [-0.4, -0.2) is 48.1 Å². The number of hydroxylamine groups is 1. The first kappa shape index (κ1) is 18.3. The van der Waals surface area contributed by atoms with E-state index >= 15 is 0 Å². The molecule has 2 aromatic rings. The van der Waals surface area contributed by atoms with Crippen molar-refractivity contribution >= 4 is 23.3 Å². The Balaban J connectivity index is 1.25. The first-order valence-electron chi connectivity index (χ1n) is 9.25. The third-order valence-corrected chi connectivity index (χ3v) is 4.52. The molecule has 2 aliphatic heterocycles. The van der Waals surface area contributed by atoms with E-state index in [2.05, 4.69) is 30.7 Å². The van der Waals surface area contributed by atoms with Crippen LogP contribution in [-0.2, 0) is 14.4 Å². The van der Waals surface area contributed by atoms with Crippen molar-refractivity contribution in [2.24, 2.45) is 4.99 Å². The quantitative estimate of drug-likeness (QED) is 0.784. The van der Waals surface area contributed by atoms with Crippen LogP contribution < -0.4 is 15.7 Å². The molecule has 9 heteroatoms. The van der Waals surface area contributed by atoms with Gasteiger partial charge in [-0.25, -0.2) is 9.98 Å². The zero-order valence-corrected chi connectivity index (χ0v) is 15.4. The third kappa shape index (κ3) is 4.62. The van der Waals surface area contributed by atoms with Gasteiger partial charge in [-0.3, -0.25) is 9.78 Å². The molecule has 2 aromatic heterocycles. The lowest BCUT2D eigenvalue weighted by molar-refractivity contribution is -0.116. The summed E-state index contributed by atoms with van der Waals surface area (Å²) in [5.74, 6) is 1.29.